The first-order valence-electron chi connectivity index (χ1n) is 8.32. The second-order valence-electron chi connectivity index (χ2n) is 6.03. The Balaban J connectivity index is 2.43. The number of halogens is 5. The van der Waals surface area contributed by atoms with Crippen LogP contribution in [0.1, 0.15) is 12.5 Å². The highest BCUT2D eigenvalue weighted by atomic mass is 35.5. The summed E-state index contributed by atoms with van der Waals surface area (Å²) >= 11 is 11.8. The molecule has 0 radical (unpaired) electrons. The molecule has 0 saturated carbocycles. The van der Waals surface area contributed by atoms with Crippen molar-refractivity contribution >= 4 is 42.2 Å². The van der Waals surface area contributed by atoms with Crippen molar-refractivity contribution in [3.63, 3.8) is 0 Å². The van der Waals surface area contributed by atoms with Gasteiger partial charge in [0.2, 0.25) is 0 Å². The SMILES string of the molecule is COP(=O)(OC)C(C)Nc1cc(Oc2c(Cl)cc(C(F)(F)F)cc2Cl)ccc1[N+](=O)[O-]. The van der Waals surface area contributed by atoms with Gasteiger partial charge >= 0.3 is 13.8 Å². The van der Waals surface area contributed by atoms with Gasteiger partial charge in [0.05, 0.1) is 20.5 Å². The monoisotopic (exact) mass is 502 g/mol. The van der Waals surface area contributed by atoms with E-state index in [1.54, 1.807) is 0 Å². The molecule has 0 saturated heterocycles. The van der Waals surface area contributed by atoms with E-state index in [9.17, 15) is 27.9 Å². The zero-order chi connectivity index (χ0) is 23.6. The number of alkyl halides is 3. The third-order valence-electron chi connectivity index (χ3n) is 4.06. The van der Waals surface area contributed by atoms with E-state index in [0.29, 0.717) is 12.1 Å². The Morgan fingerprint density at radius 2 is 1.68 bits per heavy atom. The third-order valence-corrected chi connectivity index (χ3v) is 6.72. The molecular weight excluding hydrogens is 487 g/mol. The van der Waals surface area contributed by atoms with Crippen LogP contribution in [-0.4, -0.2) is 24.9 Å². The van der Waals surface area contributed by atoms with Crippen LogP contribution in [0.4, 0.5) is 24.5 Å². The fraction of sp³-hybridized carbons (Fsp3) is 0.294. The van der Waals surface area contributed by atoms with Crippen molar-refractivity contribution in [1.29, 1.82) is 0 Å². The van der Waals surface area contributed by atoms with Crippen LogP contribution < -0.4 is 10.1 Å². The molecule has 8 nitrogen and oxygen atoms in total. The van der Waals surface area contributed by atoms with Crippen LogP contribution >= 0.6 is 30.8 Å². The summed E-state index contributed by atoms with van der Waals surface area (Å²) in [5, 5.41) is 13.2. The van der Waals surface area contributed by atoms with Crippen molar-refractivity contribution in [2.45, 2.75) is 18.9 Å². The number of rotatable bonds is 8. The number of nitro benzene ring substituents is 1. The molecule has 0 aliphatic carbocycles. The average molecular weight is 503 g/mol. The molecule has 2 aromatic rings. The van der Waals surface area contributed by atoms with E-state index >= 15 is 0 Å². The van der Waals surface area contributed by atoms with E-state index in [0.717, 1.165) is 20.3 Å². The minimum atomic E-state index is -4.66. The predicted octanol–water partition coefficient (Wildman–Crippen LogP) is 6.96. The summed E-state index contributed by atoms with van der Waals surface area (Å²) in [6.07, 6.45) is -4.66. The number of nitro groups is 1. The Hall–Kier alpha value is -2.04. The first-order chi connectivity index (χ1) is 14.3. The van der Waals surface area contributed by atoms with Gasteiger partial charge in [0.25, 0.3) is 5.69 Å². The number of nitrogens with zero attached hydrogens (tertiary/aromatic N) is 1. The average Bonchev–Trinajstić information content (AvgIpc) is 2.69. The van der Waals surface area contributed by atoms with Gasteiger partial charge in [0.15, 0.2) is 5.75 Å². The summed E-state index contributed by atoms with van der Waals surface area (Å²) in [6.45, 7) is 1.43. The number of hydrogen-bond donors (Lipinski definition) is 1. The van der Waals surface area contributed by atoms with E-state index < -0.39 is 40.1 Å². The minimum absolute atomic E-state index is 0.0338. The van der Waals surface area contributed by atoms with Crippen LogP contribution in [0.5, 0.6) is 11.5 Å². The van der Waals surface area contributed by atoms with Crippen LogP contribution in [0.3, 0.4) is 0 Å². The lowest BCUT2D eigenvalue weighted by Crippen LogP contribution is -2.18. The standard InChI is InChI=1S/C17H16Cl2F3N2O6P/c1-9(31(27,28-2)29-3)23-14-8-11(4-5-15(14)24(25)26)30-16-12(18)6-10(7-13(16)19)17(20,21)22/h4-9,23H,1-3H3. The van der Waals surface area contributed by atoms with Crippen molar-refractivity contribution in [2.24, 2.45) is 0 Å². The number of ether oxygens (including phenoxy) is 1. The first kappa shape index (κ1) is 25.2. The molecule has 31 heavy (non-hydrogen) atoms. The summed E-state index contributed by atoms with van der Waals surface area (Å²) in [5.41, 5.74) is -1.56. The smallest absolute Gasteiger partial charge is 0.416 e. The Morgan fingerprint density at radius 1 is 1.13 bits per heavy atom. The molecule has 0 fully saturated rings. The maximum atomic E-state index is 12.9. The zero-order valence-electron chi connectivity index (χ0n) is 16.2. The van der Waals surface area contributed by atoms with Crippen LogP contribution in [0.15, 0.2) is 30.3 Å². The van der Waals surface area contributed by atoms with E-state index in [1.807, 2.05) is 0 Å². The van der Waals surface area contributed by atoms with Crippen molar-refractivity contribution in [1.82, 2.24) is 0 Å². The van der Waals surface area contributed by atoms with Gasteiger partial charge in [-0.05, 0) is 25.1 Å². The molecule has 0 aromatic heterocycles. The first-order valence-corrected chi connectivity index (χ1v) is 10.7. The zero-order valence-corrected chi connectivity index (χ0v) is 18.6. The van der Waals surface area contributed by atoms with Crippen molar-refractivity contribution in [3.8, 4) is 11.5 Å². The molecule has 1 unspecified atom stereocenters. The quantitative estimate of drug-likeness (QED) is 0.236. The van der Waals surface area contributed by atoms with E-state index in [2.05, 4.69) is 5.32 Å². The third kappa shape index (κ3) is 5.81. The van der Waals surface area contributed by atoms with E-state index in [4.69, 9.17) is 37.0 Å². The highest BCUT2D eigenvalue weighted by molar-refractivity contribution is 7.54. The van der Waals surface area contributed by atoms with Crippen molar-refractivity contribution in [3.05, 3.63) is 56.1 Å². The molecule has 0 aliphatic heterocycles. The summed E-state index contributed by atoms with van der Waals surface area (Å²) in [5.74, 6) is -1.30. The summed E-state index contributed by atoms with van der Waals surface area (Å²) in [7, 11) is -1.31. The second-order valence-corrected chi connectivity index (χ2v) is 9.43. The van der Waals surface area contributed by atoms with Crippen LogP contribution in [0.25, 0.3) is 0 Å². The minimum Gasteiger partial charge on any atom is -0.454 e. The lowest BCUT2D eigenvalue weighted by molar-refractivity contribution is -0.384. The maximum absolute atomic E-state index is 12.9. The molecule has 0 aliphatic rings. The van der Waals surface area contributed by atoms with Crippen LogP contribution in [-0.2, 0) is 19.8 Å². The largest absolute Gasteiger partial charge is 0.454 e. The van der Waals surface area contributed by atoms with Gasteiger partial charge in [-0.1, -0.05) is 23.2 Å². The number of anilines is 1. The van der Waals surface area contributed by atoms with E-state index in [1.165, 1.54) is 19.1 Å². The van der Waals surface area contributed by atoms with Crippen molar-refractivity contribution < 1.29 is 36.4 Å². The second kappa shape index (κ2) is 9.62. The van der Waals surface area contributed by atoms with Gasteiger partial charge in [-0.15, -0.1) is 0 Å². The van der Waals surface area contributed by atoms with E-state index in [-0.39, 0.29) is 22.9 Å². The predicted molar refractivity (Wildman–Crippen MR) is 109 cm³/mol. The van der Waals surface area contributed by atoms with Crippen LogP contribution in [0.2, 0.25) is 10.0 Å². The highest BCUT2D eigenvalue weighted by Crippen LogP contribution is 2.52. The number of hydrogen-bond acceptors (Lipinski definition) is 7. The molecule has 14 heteroatoms. The summed E-state index contributed by atoms with van der Waals surface area (Å²) < 4.78 is 66.3. The molecule has 0 bridgehead atoms. The highest BCUT2D eigenvalue weighted by Gasteiger charge is 2.33. The number of nitrogens with one attached hydrogen (secondary N) is 1. The van der Waals surface area contributed by atoms with Gasteiger partial charge in [-0.2, -0.15) is 13.2 Å². The maximum Gasteiger partial charge on any atom is 0.416 e. The Morgan fingerprint density at radius 3 is 2.13 bits per heavy atom. The van der Waals surface area contributed by atoms with Crippen molar-refractivity contribution in [2.75, 3.05) is 19.5 Å². The topological polar surface area (TPSA) is 99.9 Å². The summed E-state index contributed by atoms with van der Waals surface area (Å²) in [4.78, 5) is 10.7. The Kier molecular flexibility index (Phi) is 7.83. The normalized spacial score (nSPS) is 13.0. The summed E-state index contributed by atoms with van der Waals surface area (Å²) in [6, 6.07) is 4.74. The molecule has 1 atom stereocenters. The van der Waals surface area contributed by atoms with Gasteiger partial charge in [-0.3, -0.25) is 14.7 Å². The fourth-order valence-corrected chi connectivity index (χ4v) is 4.13. The van der Waals surface area contributed by atoms with Gasteiger partial charge in [-0.25, -0.2) is 0 Å². The molecule has 0 heterocycles. The molecular formula is C17H16Cl2F3N2O6P. The molecule has 2 rings (SSSR count). The Bertz CT molecular complexity index is 1010. The number of benzene rings is 2. The lowest BCUT2D eigenvalue weighted by Gasteiger charge is -2.22. The van der Waals surface area contributed by atoms with Crippen LogP contribution in [0, 0.1) is 10.1 Å². The molecule has 170 valence electrons. The molecule has 1 N–H and O–H groups in total. The van der Waals surface area contributed by atoms with Gasteiger partial charge < -0.3 is 19.1 Å². The lowest BCUT2D eigenvalue weighted by atomic mass is 10.2. The molecule has 2 aromatic carbocycles. The van der Waals surface area contributed by atoms with Gasteiger partial charge in [0, 0.05) is 26.4 Å². The molecule has 0 spiro atoms. The fourth-order valence-electron chi connectivity index (χ4n) is 2.49. The Labute approximate surface area is 184 Å². The molecule has 0 amide bonds. The van der Waals surface area contributed by atoms with Gasteiger partial charge in [0.1, 0.15) is 17.2 Å².